The lowest BCUT2D eigenvalue weighted by Gasteiger charge is -2.10. The number of methoxy groups -OCH3 is 2. The maximum atomic E-state index is 11.0. The van der Waals surface area contributed by atoms with Gasteiger partial charge in [0, 0.05) is 5.56 Å². The Labute approximate surface area is 111 Å². The Hall–Kier alpha value is -2.49. The van der Waals surface area contributed by atoms with E-state index in [0.717, 1.165) is 16.9 Å². The van der Waals surface area contributed by atoms with Crippen LogP contribution in [-0.4, -0.2) is 25.3 Å². The van der Waals surface area contributed by atoms with Crippen LogP contribution in [0.4, 0.5) is 0 Å². The third-order valence-corrected chi connectivity index (χ3v) is 2.85. The van der Waals surface area contributed by atoms with Crippen molar-refractivity contribution in [1.82, 2.24) is 0 Å². The number of carboxylic acids is 1. The van der Waals surface area contributed by atoms with Crippen molar-refractivity contribution in [3.05, 3.63) is 48.0 Å². The molecule has 0 bridgehead atoms. The number of hydrogen-bond donors (Lipinski definition) is 1. The lowest BCUT2D eigenvalue weighted by molar-refractivity contribution is 0.0697. The van der Waals surface area contributed by atoms with Crippen molar-refractivity contribution in [3.63, 3.8) is 0 Å². The summed E-state index contributed by atoms with van der Waals surface area (Å²) in [6.45, 7) is 0. The zero-order valence-electron chi connectivity index (χ0n) is 10.7. The van der Waals surface area contributed by atoms with Crippen LogP contribution in [0.5, 0.6) is 11.5 Å². The summed E-state index contributed by atoms with van der Waals surface area (Å²) in [5.74, 6) is 0.421. The molecule has 0 amide bonds. The minimum absolute atomic E-state index is 0.228. The van der Waals surface area contributed by atoms with Crippen LogP contribution in [0.2, 0.25) is 0 Å². The fourth-order valence-corrected chi connectivity index (χ4v) is 1.84. The van der Waals surface area contributed by atoms with Gasteiger partial charge in [-0.15, -0.1) is 0 Å². The average molecular weight is 258 g/mol. The molecule has 0 saturated carbocycles. The molecule has 0 unspecified atom stereocenters. The summed E-state index contributed by atoms with van der Waals surface area (Å²) in [4.78, 5) is 11.0. The maximum absolute atomic E-state index is 11.0. The Balaban J connectivity index is 2.51. The highest BCUT2D eigenvalue weighted by Gasteiger charge is 2.10. The van der Waals surface area contributed by atoms with Gasteiger partial charge in [-0.2, -0.15) is 0 Å². The maximum Gasteiger partial charge on any atom is 0.335 e. The van der Waals surface area contributed by atoms with Crippen molar-refractivity contribution in [2.45, 2.75) is 0 Å². The van der Waals surface area contributed by atoms with Gasteiger partial charge in [0.1, 0.15) is 11.5 Å². The molecule has 4 nitrogen and oxygen atoms in total. The Bertz CT molecular complexity index is 588. The molecule has 0 heterocycles. The molecule has 19 heavy (non-hydrogen) atoms. The molecular formula is C15H14O4. The van der Waals surface area contributed by atoms with Crippen molar-refractivity contribution in [1.29, 1.82) is 0 Å². The highest BCUT2D eigenvalue weighted by molar-refractivity contribution is 5.90. The zero-order chi connectivity index (χ0) is 13.8. The van der Waals surface area contributed by atoms with Gasteiger partial charge in [0.25, 0.3) is 0 Å². The van der Waals surface area contributed by atoms with Gasteiger partial charge in [-0.3, -0.25) is 0 Å². The van der Waals surface area contributed by atoms with Crippen LogP contribution in [0.25, 0.3) is 11.1 Å². The first-order valence-corrected chi connectivity index (χ1v) is 5.71. The molecule has 0 saturated heterocycles. The number of ether oxygens (including phenoxy) is 2. The van der Waals surface area contributed by atoms with Gasteiger partial charge in [-0.05, 0) is 35.9 Å². The topological polar surface area (TPSA) is 55.8 Å². The summed E-state index contributed by atoms with van der Waals surface area (Å²) in [6.07, 6.45) is 0. The van der Waals surface area contributed by atoms with Crippen LogP contribution in [0.3, 0.4) is 0 Å². The van der Waals surface area contributed by atoms with Gasteiger partial charge < -0.3 is 14.6 Å². The summed E-state index contributed by atoms with van der Waals surface area (Å²) in [7, 11) is 3.16. The summed E-state index contributed by atoms with van der Waals surface area (Å²) in [6, 6.07) is 12.1. The molecule has 2 rings (SSSR count). The number of hydrogen-bond acceptors (Lipinski definition) is 3. The molecule has 0 aliphatic heterocycles. The van der Waals surface area contributed by atoms with E-state index in [-0.39, 0.29) is 5.56 Å². The van der Waals surface area contributed by atoms with Gasteiger partial charge in [0.15, 0.2) is 0 Å². The lowest BCUT2D eigenvalue weighted by Crippen LogP contribution is -1.98. The highest BCUT2D eigenvalue weighted by atomic mass is 16.5. The lowest BCUT2D eigenvalue weighted by atomic mass is 10.0. The smallest absolute Gasteiger partial charge is 0.335 e. The molecule has 0 aliphatic rings. The fourth-order valence-electron chi connectivity index (χ4n) is 1.84. The van der Waals surface area contributed by atoms with Crippen LogP contribution in [0.1, 0.15) is 10.4 Å². The predicted molar refractivity (Wildman–Crippen MR) is 71.9 cm³/mol. The van der Waals surface area contributed by atoms with E-state index >= 15 is 0 Å². The zero-order valence-corrected chi connectivity index (χ0v) is 10.7. The Morgan fingerprint density at radius 3 is 2.21 bits per heavy atom. The molecule has 0 aliphatic carbocycles. The van der Waals surface area contributed by atoms with Gasteiger partial charge in [0.2, 0.25) is 0 Å². The van der Waals surface area contributed by atoms with E-state index < -0.39 is 5.97 Å². The average Bonchev–Trinajstić information content (AvgIpc) is 2.46. The molecule has 0 spiro atoms. The molecule has 0 aromatic heterocycles. The van der Waals surface area contributed by atoms with Crippen molar-refractivity contribution in [2.24, 2.45) is 0 Å². The SMILES string of the molecule is COc1ccc(-c2cc(C(=O)O)ccc2OC)cc1. The number of benzene rings is 2. The third-order valence-electron chi connectivity index (χ3n) is 2.85. The van der Waals surface area contributed by atoms with E-state index in [1.54, 1.807) is 26.4 Å². The van der Waals surface area contributed by atoms with Crippen LogP contribution in [-0.2, 0) is 0 Å². The monoisotopic (exact) mass is 258 g/mol. The van der Waals surface area contributed by atoms with Gasteiger partial charge in [-0.1, -0.05) is 12.1 Å². The molecule has 0 fully saturated rings. The van der Waals surface area contributed by atoms with Crippen molar-refractivity contribution in [2.75, 3.05) is 14.2 Å². The van der Waals surface area contributed by atoms with E-state index in [0.29, 0.717) is 5.75 Å². The molecule has 4 heteroatoms. The summed E-state index contributed by atoms with van der Waals surface area (Å²) in [5, 5.41) is 9.04. The van der Waals surface area contributed by atoms with E-state index in [9.17, 15) is 4.79 Å². The second-order valence-electron chi connectivity index (χ2n) is 3.95. The minimum Gasteiger partial charge on any atom is -0.497 e. The minimum atomic E-state index is -0.961. The first kappa shape index (κ1) is 13.0. The molecule has 0 radical (unpaired) electrons. The van der Waals surface area contributed by atoms with Gasteiger partial charge in [0.05, 0.1) is 19.8 Å². The van der Waals surface area contributed by atoms with E-state index in [1.807, 2.05) is 24.3 Å². The van der Waals surface area contributed by atoms with Crippen LogP contribution < -0.4 is 9.47 Å². The summed E-state index contributed by atoms with van der Waals surface area (Å²) < 4.78 is 10.4. The Kier molecular flexibility index (Phi) is 3.71. The van der Waals surface area contributed by atoms with Gasteiger partial charge in [-0.25, -0.2) is 4.79 Å². The summed E-state index contributed by atoms with van der Waals surface area (Å²) >= 11 is 0. The van der Waals surface area contributed by atoms with Crippen LogP contribution >= 0.6 is 0 Å². The number of rotatable bonds is 4. The molecule has 1 N–H and O–H groups in total. The quantitative estimate of drug-likeness (QED) is 0.915. The van der Waals surface area contributed by atoms with Crippen LogP contribution in [0.15, 0.2) is 42.5 Å². The van der Waals surface area contributed by atoms with Crippen molar-refractivity contribution in [3.8, 4) is 22.6 Å². The molecular weight excluding hydrogens is 244 g/mol. The molecule has 2 aromatic rings. The summed E-state index contributed by atoms with van der Waals surface area (Å²) in [5.41, 5.74) is 1.84. The highest BCUT2D eigenvalue weighted by Crippen LogP contribution is 2.31. The van der Waals surface area contributed by atoms with Crippen molar-refractivity contribution >= 4 is 5.97 Å². The van der Waals surface area contributed by atoms with E-state index in [4.69, 9.17) is 14.6 Å². The predicted octanol–water partition coefficient (Wildman–Crippen LogP) is 3.07. The van der Waals surface area contributed by atoms with Gasteiger partial charge >= 0.3 is 5.97 Å². The molecule has 98 valence electrons. The van der Waals surface area contributed by atoms with E-state index in [1.165, 1.54) is 6.07 Å². The Morgan fingerprint density at radius 2 is 1.68 bits per heavy atom. The largest absolute Gasteiger partial charge is 0.497 e. The van der Waals surface area contributed by atoms with Crippen molar-refractivity contribution < 1.29 is 19.4 Å². The normalized spacial score (nSPS) is 10.0. The third kappa shape index (κ3) is 2.68. The number of carboxylic acid groups (broad SMARTS) is 1. The number of carbonyl (C=O) groups is 1. The van der Waals surface area contributed by atoms with E-state index in [2.05, 4.69) is 0 Å². The standard InChI is InChI=1S/C15H14O4/c1-18-12-6-3-10(4-7-12)13-9-11(15(16)17)5-8-14(13)19-2/h3-9H,1-2H3,(H,16,17). The first-order chi connectivity index (χ1) is 9.15. The second kappa shape index (κ2) is 5.44. The molecule has 2 aromatic carbocycles. The Morgan fingerprint density at radius 1 is 1.00 bits per heavy atom. The van der Waals surface area contributed by atoms with Crippen LogP contribution in [0, 0.1) is 0 Å². The second-order valence-corrected chi connectivity index (χ2v) is 3.95. The number of aromatic carboxylic acids is 1. The molecule has 0 atom stereocenters. The first-order valence-electron chi connectivity index (χ1n) is 5.71. The fraction of sp³-hybridized carbons (Fsp3) is 0.133.